The number of nitrogens with one attached hydrogen (secondary N) is 2. The Labute approximate surface area is 134 Å². The molecule has 1 aromatic heterocycles. The Morgan fingerprint density at radius 1 is 1.14 bits per heavy atom. The van der Waals surface area contributed by atoms with E-state index in [9.17, 15) is 8.42 Å². The second-order valence-corrected chi connectivity index (χ2v) is 7.29. The molecule has 3 aromatic rings. The minimum Gasteiger partial charge on any atom is -0.361 e. The van der Waals surface area contributed by atoms with Crippen LogP contribution in [0.5, 0.6) is 0 Å². The van der Waals surface area contributed by atoms with E-state index in [-0.39, 0.29) is 11.4 Å². The van der Waals surface area contributed by atoms with Gasteiger partial charge < -0.3 is 4.98 Å². The second-order valence-electron chi connectivity index (χ2n) is 5.09. The molecule has 2 N–H and O–H groups in total. The van der Waals surface area contributed by atoms with Crippen molar-refractivity contribution in [3.8, 4) is 0 Å². The van der Waals surface area contributed by atoms with Crippen LogP contribution in [0.3, 0.4) is 0 Å². The normalized spacial score (nSPS) is 11.9. The van der Waals surface area contributed by atoms with Gasteiger partial charge >= 0.3 is 0 Å². The summed E-state index contributed by atoms with van der Waals surface area (Å²) >= 11 is 5.78. The van der Waals surface area contributed by atoms with E-state index in [2.05, 4.69) is 9.71 Å². The zero-order valence-electron chi connectivity index (χ0n) is 11.9. The third kappa shape index (κ3) is 2.88. The van der Waals surface area contributed by atoms with Gasteiger partial charge in [-0.2, -0.15) is 0 Å². The van der Waals surface area contributed by atoms with Crippen molar-refractivity contribution < 1.29 is 8.42 Å². The topological polar surface area (TPSA) is 62.0 Å². The molecule has 0 unspecified atom stereocenters. The molecule has 6 heteroatoms. The van der Waals surface area contributed by atoms with Crippen LogP contribution < -0.4 is 4.72 Å². The molecule has 0 saturated heterocycles. The molecule has 0 bridgehead atoms. The monoisotopic (exact) mass is 334 g/mol. The summed E-state index contributed by atoms with van der Waals surface area (Å²) in [5.74, 6) is 0. The highest BCUT2D eigenvalue weighted by Gasteiger charge is 2.15. The average molecular weight is 335 g/mol. The average Bonchev–Trinajstić information content (AvgIpc) is 2.90. The van der Waals surface area contributed by atoms with E-state index in [1.165, 1.54) is 12.1 Å². The van der Waals surface area contributed by atoms with Crippen LogP contribution in [0.4, 0.5) is 0 Å². The number of hydrogen-bond donors (Lipinski definition) is 2. The second kappa shape index (κ2) is 5.76. The zero-order valence-corrected chi connectivity index (χ0v) is 13.5. The summed E-state index contributed by atoms with van der Waals surface area (Å²) in [6, 6.07) is 12.1. The first-order valence-corrected chi connectivity index (χ1v) is 8.64. The van der Waals surface area contributed by atoms with Gasteiger partial charge in [-0.25, -0.2) is 13.1 Å². The van der Waals surface area contributed by atoms with Crippen molar-refractivity contribution in [1.82, 2.24) is 9.71 Å². The Morgan fingerprint density at radius 3 is 2.59 bits per heavy atom. The maximum Gasteiger partial charge on any atom is 0.240 e. The summed E-state index contributed by atoms with van der Waals surface area (Å²) in [5.41, 5.74) is 3.03. The van der Waals surface area contributed by atoms with Gasteiger partial charge in [-0.3, -0.25) is 0 Å². The van der Waals surface area contributed by atoms with E-state index in [4.69, 9.17) is 11.6 Å². The van der Waals surface area contributed by atoms with E-state index in [1.807, 2.05) is 31.3 Å². The van der Waals surface area contributed by atoms with Crippen LogP contribution >= 0.6 is 11.6 Å². The Bertz CT molecular complexity index is 915. The number of sulfonamides is 1. The lowest BCUT2D eigenvalue weighted by Crippen LogP contribution is -2.23. The fourth-order valence-electron chi connectivity index (χ4n) is 2.46. The van der Waals surface area contributed by atoms with Gasteiger partial charge in [0.2, 0.25) is 10.0 Å². The predicted molar refractivity (Wildman–Crippen MR) is 88.5 cm³/mol. The molecular weight excluding hydrogens is 320 g/mol. The first kappa shape index (κ1) is 15.1. The fraction of sp³-hybridized carbons (Fsp3) is 0.125. The first-order valence-electron chi connectivity index (χ1n) is 6.78. The Kier molecular flexibility index (Phi) is 3.95. The zero-order chi connectivity index (χ0) is 15.7. The Morgan fingerprint density at radius 2 is 1.86 bits per heavy atom. The van der Waals surface area contributed by atoms with E-state index in [1.54, 1.807) is 12.1 Å². The van der Waals surface area contributed by atoms with Crippen molar-refractivity contribution in [2.45, 2.75) is 18.4 Å². The van der Waals surface area contributed by atoms with Crippen LogP contribution in [0.25, 0.3) is 10.9 Å². The van der Waals surface area contributed by atoms with E-state index in [0.29, 0.717) is 5.02 Å². The number of halogens is 1. The molecule has 22 heavy (non-hydrogen) atoms. The Hall–Kier alpha value is -1.82. The van der Waals surface area contributed by atoms with E-state index in [0.717, 1.165) is 22.0 Å². The molecule has 0 aliphatic heterocycles. The molecule has 0 atom stereocenters. The highest BCUT2D eigenvalue weighted by Crippen LogP contribution is 2.22. The molecule has 0 amide bonds. The predicted octanol–water partition coefficient (Wildman–Crippen LogP) is 3.61. The summed E-state index contributed by atoms with van der Waals surface area (Å²) in [6.45, 7) is 2.24. The van der Waals surface area contributed by atoms with Crippen molar-refractivity contribution in [3.05, 3.63) is 64.8 Å². The third-order valence-electron chi connectivity index (χ3n) is 3.57. The molecule has 0 saturated carbocycles. The molecular formula is C16H15ClN2O2S. The fourth-order valence-corrected chi connectivity index (χ4v) is 3.59. The molecule has 3 rings (SSSR count). The number of hydrogen-bond acceptors (Lipinski definition) is 2. The third-order valence-corrected chi connectivity index (χ3v) is 5.24. The maximum absolute atomic E-state index is 12.3. The highest BCUT2D eigenvalue weighted by molar-refractivity contribution is 7.89. The lowest BCUT2D eigenvalue weighted by atomic mass is 10.1. The van der Waals surface area contributed by atoms with Gasteiger partial charge in [0.1, 0.15) is 0 Å². The summed E-state index contributed by atoms with van der Waals surface area (Å²) in [6.07, 6.45) is 1.84. The minimum absolute atomic E-state index is 0.202. The van der Waals surface area contributed by atoms with Crippen molar-refractivity contribution >= 4 is 32.5 Å². The first-order chi connectivity index (χ1) is 10.5. The molecule has 0 radical (unpaired) electrons. The summed E-state index contributed by atoms with van der Waals surface area (Å²) in [7, 11) is -3.56. The van der Waals surface area contributed by atoms with Crippen molar-refractivity contribution in [2.24, 2.45) is 0 Å². The van der Waals surface area contributed by atoms with Crippen LogP contribution in [-0.4, -0.2) is 13.4 Å². The number of H-pyrrole nitrogens is 1. The number of aryl methyl sites for hydroxylation is 1. The SMILES string of the molecule is Cc1cccc2[nH]cc(CNS(=O)(=O)c3ccc(Cl)cc3)c12. The van der Waals surface area contributed by atoms with Crippen LogP contribution in [0.1, 0.15) is 11.1 Å². The van der Waals surface area contributed by atoms with Crippen LogP contribution in [0.2, 0.25) is 5.02 Å². The van der Waals surface area contributed by atoms with Gasteiger partial charge in [-0.15, -0.1) is 0 Å². The van der Waals surface area contributed by atoms with Gasteiger partial charge in [0.25, 0.3) is 0 Å². The summed E-state index contributed by atoms with van der Waals surface area (Å²) in [4.78, 5) is 3.36. The van der Waals surface area contributed by atoms with E-state index >= 15 is 0 Å². The molecule has 0 aliphatic rings. The van der Waals surface area contributed by atoms with Gasteiger partial charge in [0.05, 0.1) is 4.90 Å². The highest BCUT2D eigenvalue weighted by atomic mass is 35.5. The number of fused-ring (bicyclic) bond motifs is 1. The van der Waals surface area contributed by atoms with E-state index < -0.39 is 10.0 Å². The van der Waals surface area contributed by atoms with Gasteiger partial charge in [0, 0.05) is 28.7 Å². The number of benzene rings is 2. The molecule has 114 valence electrons. The lowest BCUT2D eigenvalue weighted by molar-refractivity contribution is 0.581. The maximum atomic E-state index is 12.3. The summed E-state index contributed by atoms with van der Waals surface area (Å²) < 4.78 is 27.2. The van der Waals surface area contributed by atoms with Crippen molar-refractivity contribution in [3.63, 3.8) is 0 Å². The Balaban J connectivity index is 1.86. The standard InChI is InChI=1S/C16H15ClN2O2S/c1-11-3-2-4-15-16(11)12(9-18-15)10-19-22(20,21)14-7-5-13(17)6-8-14/h2-9,18-19H,10H2,1H3. The van der Waals surface area contributed by atoms with Gasteiger partial charge in [0.15, 0.2) is 0 Å². The quantitative estimate of drug-likeness (QED) is 0.765. The number of aromatic nitrogens is 1. The largest absolute Gasteiger partial charge is 0.361 e. The number of aromatic amines is 1. The minimum atomic E-state index is -3.56. The number of rotatable bonds is 4. The molecule has 4 nitrogen and oxygen atoms in total. The molecule has 0 fully saturated rings. The molecule has 0 spiro atoms. The van der Waals surface area contributed by atoms with Crippen molar-refractivity contribution in [2.75, 3.05) is 0 Å². The lowest BCUT2D eigenvalue weighted by Gasteiger charge is -2.07. The molecule has 0 aliphatic carbocycles. The summed E-state index contributed by atoms with van der Waals surface area (Å²) in [5, 5.41) is 1.56. The van der Waals surface area contributed by atoms with Gasteiger partial charge in [-0.1, -0.05) is 23.7 Å². The van der Waals surface area contributed by atoms with Crippen molar-refractivity contribution in [1.29, 1.82) is 0 Å². The smallest absolute Gasteiger partial charge is 0.240 e. The molecule has 2 aromatic carbocycles. The van der Waals surface area contributed by atoms with Gasteiger partial charge in [-0.05, 0) is 48.4 Å². The van der Waals surface area contributed by atoms with Crippen LogP contribution in [0.15, 0.2) is 53.6 Å². The van der Waals surface area contributed by atoms with Crippen LogP contribution in [0, 0.1) is 6.92 Å². The molecule has 1 heterocycles. The van der Waals surface area contributed by atoms with Crippen LogP contribution in [-0.2, 0) is 16.6 Å².